The summed E-state index contributed by atoms with van der Waals surface area (Å²) in [4.78, 5) is 21.1. The second kappa shape index (κ2) is 10.6. The fourth-order valence-corrected chi connectivity index (χ4v) is 5.99. The van der Waals surface area contributed by atoms with Gasteiger partial charge in [0.2, 0.25) is 5.91 Å². The predicted molar refractivity (Wildman–Crippen MR) is 147 cm³/mol. The minimum absolute atomic E-state index is 0.0765. The topological polar surface area (TPSA) is 59.4 Å². The van der Waals surface area contributed by atoms with Crippen LogP contribution in [0.4, 0.5) is 0 Å². The van der Waals surface area contributed by atoms with Crippen molar-refractivity contribution < 1.29 is 9.53 Å². The third kappa shape index (κ3) is 5.00. The van der Waals surface area contributed by atoms with Crippen molar-refractivity contribution in [2.24, 2.45) is 5.92 Å². The fraction of sp³-hybridized carbons (Fsp3) is 0.419. The molecule has 1 aliphatic carbocycles. The number of fused-ring (bicyclic) bond motifs is 2. The van der Waals surface area contributed by atoms with E-state index < -0.39 is 0 Å². The van der Waals surface area contributed by atoms with Crippen LogP contribution in [0.25, 0.3) is 21.8 Å². The van der Waals surface area contributed by atoms with Gasteiger partial charge in [-0.05, 0) is 67.5 Å². The number of ether oxygens (including phenoxy) is 1. The molecule has 1 aliphatic heterocycles. The van der Waals surface area contributed by atoms with E-state index in [9.17, 15) is 4.79 Å². The molecule has 1 N–H and O–H groups in total. The first kappa shape index (κ1) is 24.1. The van der Waals surface area contributed by atoms with Crippen LogP contribution in [0.5, 0.6) is 0 Å². The molecular formula is C31H36N4O2. The monoisotopic (exact) mass is 496 g/mol. The number of para-hydroxylation sites is 2. The first-order chi connectivity index (χ1) is 18.2. The predicted octanol–water partition coefficient (Wildman–Crippen LogP) is 5.11. The quantitative estimate of drug-likeness (QED) is 0.327. The number of rotatable bonds is 9. The lowest BCUT2D eigenvalue weighted by Gasteiger charge is -2.35. The van der Waals surface area contributed by atoms with Crippen LogP contribution in [-0.2, 0) is 22.6 Å². The van der Waals surface area contributed by atoms with Gasteiger partial charge in [-0.25, -0.2) is 0 Å². The van der Waals surface area contributed by atoms with Crippen LogP contribution in [0, 0.1) is 5.92 Å². The molecule has 2 atom stereocenters. The first-order valence-corrected chi connectivity index (χ1v) is 13.6. The molecule has 2 aromatic heterocycles. The molecule has 6 heteroatoms. The van der Waals surface area contributed by atoms with Gasteiger partial charge in [-0.15, -0.1) is 0 Å². The lowest BCUT2D eigenvalue weighted by atomic mass is 9.80. The van der Waals surface area contributed by atoms with Crippen molar-refractivity contribution in [1.29, 1.82) is 0 Å². The minimum atomic E-state index is -0.0765. The van der Waals surface area contributed by atoms with Crippen molar-refractivity contribution in [1.82, 2.24) is 19.8 Å². The van der Waals surface area contributed by atoms with Crippen LogP contribution in [0.1, 0.15) is 42.7 Å². The Bertz CT molecular complexity index is 1390. The fourth-order valence-electron chi connectivity index (χ4n) is 5.99. The van der Waals surface area contributed by atoms with Gasteiger partial charge >= 0.3 is 0 Å². The average Bonchev–Trinajstić information content (AvgIpc) is 3.74. The number of hydrogen-bond donors (Lipinski definition) is 1. The van der Waals surface area contributed by atoms with E-state index in [0.29, 0.717) is 12.6 Å². The number of amides is 1. The lowest BCUT2D eigenvalue weighted by molar-refractivity contribution is -0.138. The number of aromatic nitrogens is 2. The molecule has 2 fully saturated rings. The van der Waals surface area contributed by atoms with Gasteiger partial charge in [0.05, 0.1) is 11.4 Å². The number of hydrogen-bond acceptors (Lipinski definition) is 4. The Morgan fingerprint density at radius 2 is 1.97 bits per heavy atom. The van der Waals surface area contributed by atoms with Crippen molar-refractivity contribution in [3.8, 4) is 0 Å². The highest BCUT2D eigenvalue weighted by Crippen LogP contribution is 2.37. The van der Waals surface area contributed by atoms with Gasteiger partial charge < -0.3 is 19.5 Å². The van der Waals surface area contributed by atoms with Crippen LogP contribution in [0.2, 0.25) is 0 Å². The summed E-state index contributed by atoms with van der Waals surface area (Å²) in [7, 11) is 1.75. The number of benzene rings is 2. The Balaban J connectivity index is 1.28. The maximum Gasteiger partial charge on any atom is 0.228 e. The van der Waals surface area contributed by atoms with E-state index >= 15 is 0 Å². The van der Waals surface area contributed by atoms with Crippen LogP contribution in [-0.4, -0.2) is 53.2 Å². The molecule has 0 spiro atoms. The molecule has 2 aliphatic rings. The van der Waals surface area contributed by atoms with Gasteiger partial charge in [0.25, 0.3) is 0 Å². The number of nitrogens with zero attached hydrogens (tertiary/aromatic N) is 3. The molecule has 6 nitrogen and oxygen atoms in total. The summed E-state index contributed by atoms with van der Waals surface area (Å²) in [5.41, 5.74) is 4.66. The second-order valence-corrected chi connectivity index (χ2v) is 10.6. The van der Waals surface area contributed by atoms with Crippen molar-refractivity contribution >= 4 is 27.7 Å². The van der Waals surface area contributed by atoms with Gasteiger partial charge in [0, 0.05) is 68.1 Å². The molecule has 1 saturated carbocycles. The number of methoxy groups -OCH3 is 1. The maximum absolute atomic E-state index is 14.2. The molecular weight excluding hydrogens is 460 g/mol. The molecule has 3 heterocycles. The zero-order valence-electron chi connectivity index (χ0n) is 21.6. The number of piperidine rings is 1. The van der Waals surface area contributed by atoms with E-state index in [-0.39, 0.29) is 17.7 Å². The molecule has 1 amide bonds. The molecule has 192 valence electrons. The average molecular weight is 497 g/mol. The molecule has 0 unspecified atom stereocenters. The van der Waals surface area contributed by atoms with E-state index in [2.05, 4.69) is 63.4 Å². The minimum Gasteiger partial charge on any atom is -0.385 e. The molecule has 1 saturated heterocycles. The summed E-state index contributed by atoms with van der Waals surface area (Å²) in [6.07, 6.45) is 8.37. The van der Waals surface area contributed by atoms with E-state index in [1.807, 2.05) is 18.3 Å². The zero-order valence-corrected chi connectivity index (χ0v) is 21.6. The number of aryl methyl sites for hydroxylation is 1. The van der Waals surface area contributed by atoms with Crippen molar-refractivity contribution in [2.45, 2.75) is 50.7 Å². The Hall–Kier alpha value is -3.22. The normalized spacial score (nSPS) is 19.9. The smallest absolute Gasteiger partial charge is 0.228 e. The Labute approximate surface area is 218 Å². The van der Waals surface area contributed by atoms with Crippen LogP contribution >= 0.6 is 0 Å². The Morgan fingerprint density at radius 1 is 1.14 bits per heavy atom. The SMILES string of the molecule is COCCCn1cc(CN(C(=O)[C@H]2CNCC[C@@H]2c2cnc3ccccc3c2)C2CC2)c2ccccc21. The standard InChI is InChI=1S/C31H36N4O2/c1-37-16-6-15-34-20-24(27-8-3-5-10-30(27)34)21-35(25-11-12-25)31(36)28-19-32-14-13-26(28)23-17-22-7-2-4-9-29(22)33-18-23/h2-5,7-10,17-18,20,25-26,28,32H,6,11-16,19,21H2,1H3/t26-,28+/m1/s1. The first-order valence-electron chi connectivity index (χ1n) is 13.6. The summed E-state index contributed by atoms with van der Waals surface area (Å²) >= 11 is 0. The Kier molecular flexibility index (Phi) is 6.94. The third-order valence-corrected chi connectivity index (χ3v) is 8.07. The number of carbonyl (C=O) groups is 1. The Morgan fingerprint density at radius 3 is 2.84 bits per heavy atom. The van der Waals surface area contributed by atoms with Crippen molar-refractivity contribution in [3.63, 3.8) is 0 Å². The summed E-state index contributed by atoms with van der Waals surface area (Å²) < 4.78 is 7.60. The van der Waals surface area contributed by atoms with Gasteiger partial charge in [-0.3, -0.25) is 9.78 Å². The molecule has 4 aromatic rings. The van der Waals surface area contributed by atoms with Crippen LogP contribution < -0.4 is 5.32 Å². The highest BCUT2D eigenvalue weighted by molar-refractivity contribution is 5.86. The summed E-state index contributed by atoms with van der Waals surface area (Å²) in [5.74, 6) is 0.388. The van der Waals surface area contributed by atoms with Gasteiger partial charge in [-0.1, -0.05) is 36.4 Å². The summed E-state index contributed by atoms with van der Waals surface area (Å²) in [6.45, 7) is 3.97. The number of carbonyl (C=O) groups excluding carboxylic acids is 1. The zero-order chi connectivity index (χ0) is 25.2. The van der Waals surface area contributed by atoms with E-state index in [0.717, 1.165) is 62.8 Å². The largest absolute Gasteiger partial charge is 0.385 e. The highest BCUT2D eigenvalue weighted by Gasteiger charge is 2.40. The molecule has 6 rings (SSSR count). The van der Waals surface area contributed by atoms with Crippen LogP contribution in [0.15, 0.2) is 67.0 Å². The molecule has 2 aromatic carbocycles. The van der Waals surface area contributed by atoms with E-state index in [4.69, 9.17) is 9.72 Å². The third-order valence-electron chi connectivity index (χ3n) is 8.07. The van der Waals surface area contributed by atoms with E-state index in [1.165, 1.54) is 22.0 Å². The van der Waals surface area contributed by atoms with Gasteiger partial charge in [0.1, 0.15) is 0 Å². The number of pyridine rings is 1. The number of nitrogens with one attached hydrogen (secondary N) is 1. The van der Waals surface area contributed by atoms with E-state index in [1.54, 1.807) is 7.11 Å². The van der Waals surface area contributed by atoms with Crippen LogP contribution in [0.3, 0.4) is 0 Å². The lowest BCUT2D eigenvalue weighted by Crippen LogP contribution is -2.47. The molecule has 0 radical (unpaired) electrons. The van der Waals surface area contributed by atoms with Gasteiger partial charge in [0.15, 0.2) is 0 Å². The van der Waals surface area contributed by atoms with Gasteiger partial charge in [-0.2, -0.15) is 0 Å². The second-order valence-electron chi connectivity index (χ2n) is 10.6. The summed E-state index contributed by atoms with van der Waals surface area (Å²) in [5, 5.41) is 5.90. The highest BCUT2D eigenvalue weighted by atomic mass is 16.5. The molecule has 37 heavy (non-hydrogen) atoms. The van der Waals surface area contributed by atoms with Crippen molar-refractivity contribution in [3.05, 3.63) is 78.1 Å². The molecule has 0 bridgehead atoms. The van der Waals surface area contributed by atoms with Crippen molar-refractivity contribution in [2.75, 3.05) is 26.8 Å². The summed E-state index contributed by atoms with van der Waals surface area (Å²) in [6, 6.07) is 19.4. The maximum atomic E-state index is 14.2.